The predicted octanol–water partition coefficient (Wildman–Crippen LogP) is 4.28. The Hall–Kier alpha value is -2.93. The van der Waals surface area contributed by atoms with Gasteiger partial charge in [0, 0.05) is 27.3 Å². The standard InChI is InChI=1S/C18H14BrN5O/c1-10-15(9-20-22-10)11-5-6-16-14(7-11)17(24-23-16)18(25)21-13-4-2-3-12(19)8-13/h2-9H,1H3,(H,20,22)(H,21,25)(H,23,24). The second-order valence-electron chi connectivity index (χ2n) is 5.68. The molecular weight excluding hydrogens is 382 g/mol. The minimum Gasteiger partial charge on any atom is -0.321 e. The molecule has 0 aliphatic carbocycles. The molecule has 2 heterocycles. The Morgan fingerprint density at radius 2 is 2.04 bits per heavy atom. The monoisotopic (exact) mass is 395 g/mol. The molecule has 0 radical (unpaired) electrons. The maximum atomic E-state index is 12.6. The number of hydrogen-bond donors (Lipinski definition) is 3. The third kappa shape index (κ3) is 2.94. The first kappa shape index (κ1) is 15.6. The van der Waals surface area contributed by atoms with Gasteiger partial charge in [-0.3, -0.25) is 15.0 Å². The van der Waals surface area contributed by atoms with Crippen LogP contribution in [-0.2, 0) is 0 Å². The van der Waals surface area contributed by atoms with E-state index >= 15 is 0 Å². The van der Waals surface area contributed by atoms with Crippen molar-refractivity contribution in [1.82, 2.24) is 20.4 Å². The Morgan fingerprint density at radius 1 is 1.16 bits per heavy atom. The van der Waals surface area contributed by atoms with Gasteiger partial charge in [0.05, 0.1) is 11.2 Å². The molecule has 124 valence electrons. The van der Waals surface area contributed by atoms with Crippen LogP contribution >= 0.6 is 15.9 Å². The molecule has 6 nitrogen and oxygen atoms in total. The minimum atomic E-state index is -0.259. The number of aromatic nitrogens is 4. The van der Waals surface area contributed by atoms with Gasteiger partial charge in [-0.15, -0.1) is 0 Å². The quantitative estimate of drug-likeness (QED) is 0.483. The number of fused-ring (bicyclic) bond motifs is 1. The zero-order chi connectivity index (χ0) is 17.4. The van der Waals surface area contributed by atoms with Crippen molar-refractivity contribution in [3.63, 3.8) is 0 Å². The number of amides is 1. The highest BCUT2D eigenvalue weighted by Gasteiger charge is 2.16. The number of halogens is 1. The van der Waals surface area contributed by atoms with Crippen LogP contribution in [0.15, 0.2) is 53.1 Å². The van der Waals surface area contributed by atoms with Gasteiger partial charge >= 0.3 is 0 Å². The van der Waals surface area contributed by atoms with E-state index in [2.05, 4.69) is 41.6 Å². The Bertz CT molecular complexity index is 1080. The van der Waals surface area contributed by atoms with Crippen LogP contribution in [0.4, 0.5) is 5.69 Å². The molecule has 0 aliphatic heterocycles. The molecule has 4 aromatic rings. The number of rotatable bonds is 3. The van der Waals surface area contributed by atoms with E-state index in [0.29, 0.717) is 11.4 Å². The number of nitrogens with zero attached hydrogens (tertiary/aromatic N) is 2. The van der Waals surface area contributed by atoms with Crippen LogP contribution in [0.25, 0.3) is 22.0 Å². The van der Waals surface area contributed by atoms with Crippen molar-refractivity contribution in [2.75, 3.05) is 5.32 Å². The maximum absolute atomic E-state index is 12.6. The third-order valence-electron chi connectivity index (χ3n) is 4.00. The summed E-state index contributed by atoms with van der Waals surface area (Å²) in [7, 11) is 0. The van der Waals surface area contributed by atoms with Gasteiger partial charge in [0.25, 0.3) is 5.91 Å². The molecular formula is C18H14BrN5O. The van der Waals surface area contributed by atoms with E-state index in [0.717, 1.165) is 32.2 Å². The number of nitrogens with one attached hydrogen (secondary N) is 3. The highest BCUT2D eigenvalue weighted by Crippen LogP contribution is 2.27. The number of benzene rings is 2. The molecule has 0 atom stereocenters. The van der Waals surface area contributed by atoms with Gasteiger partial charge in [0.1, 0.15) is 0 Å². The molecule has 0 bridgehead atoms. The first-order valence-corrected chi connectivity index (χ1v) is 8.47. The van der Waals surface area contributed by atoms with Gasteiger partial charge < -0.3 is 5.32 Å². The zero-order valence-corrected chi connectivity index (χ0v) is 14.9. The lowest BCUT2D eigenvalue weighted by Gasteiger charge is -2.04. The van der Waals surface area contributed by atoms with Crippen molar-refractivity contribution in [3.05, 3.63) is 64.5 Å². The summed E-state index contributed by atoms with van der Waals surface area (Å²) in [4.78, 5) is 12.6. The van der Waals surface area contributed by atoms with Crippen LogP contribution < -0.4 is 5.32 Å². The fraction of sp³-hybridized carbons (Fsp3) is 0.0556. The van der Waals surface area contributed by atoms with E-state index in [1.165, 1.54) is 0 Å². The summed E-state index contributed by atoms with van der Waals surface area (Å²) in [6.07, 6.45) is 1.85. The third-order valence-corrected chi connectivity index (χ3v) is 4.50. The number of carbonyl (C=O) groups is 1. The molecule has 0 fully saturated rings. The molecule has 4 rings (SSSR count). The van der Waals surface area contributed by atoms with Crippen molar-refractivity contribution in [2.24, 2.45) is 0 Å². The Kier molecular flexibility index (Phi) is 3.85. The number of aromatic amines is 2. The molecule has 2 aromatic carbocycles. The van der Waals surface area contributed by atoms with Gasteiger partial charge in [0.2, 0.25) is 0 Å². The van der Waals surface area contributed by atoms with E-state index in [9.17, 15) is 4.79 Å². The molecule has 2 aromatic heterocycles. The number of carbonyl (C=O) groups excluding carboxylic acids is 1. The first-order chi connectivity index (χ1) is 12.1. The molecule has 0 saturated carbocycles. The van der Waals surface area contributed by atoms with Gasteiger partial charge in [-0.05, 0) is 42.8 Å². The SMILES string of the molecule is Cc1n[nH]cc1-c1ccc2[nH]nc(C(=O)Nc3cccc(Br)c3)c2c1. The van der Waals surface area contributed by atoms with Crippen LogP contribution in [0.5, 0.6) is 0 Å². The fourth-order valence-electron chi connectivity index (χ4n) is 2.76. The second kappa shape index (κ2) is 6.18. The molecule has 0 saturated heterocycles. The van der Waals surface area contributed by atoms with E-state index in [4.69, 9.17) is 0 Å². The van der Waals surface area contributed by atoms with Crippen LogP contribution in [0.3, 0.4) is 0 Å². The van der Waals surface area contributed by atoms with Crippen LogP contribution in [0.2, 0.25) is 0 Å². The summed E-state index contributed by atoms with van der Waals surface area (Å²) >= 11 is 3.40. The molecule has 3 N–H and O–H groups in total. The Balaban J connectivity index is 1.72. The van der Waals surface area contributed by atoms with E-state index < -0.39 is 0 Å². The van der Waals surface area contributed by atoms with Gasteiger partial charge in [0.15, 0.2) is 5.69 Å². The average molecular weight is 396 g/mol. The smallest absolute Gasteiger partial charge is 0.276 e. The highest BCUT2D eigenvalue weighted by atomic mass is 79.9. The van der Waals surface area contributed by atoms with Crippen molar-refractivity contribution in [3.8, 4) is 11.1 Å². The molecule has 0 spiro atoms. The Labute approximate surface area is 151 Å². The summed E-state index contributed by atoms with van der Waals surface area (Å²) in [6, 6.07) is 13.3. The molecule has 0 unspecified atom stereocenters. The van der Waals surface area contributed by atoms with Crippen LogP contribution in [0.1, 0.15) is 16.2 Å². The maximum Gasteiger partial charge on any atom is 0.276 e. The first-order valence-electron chi connectivity index (χ1n) is 7.67. The van der Waals surface area contributed by atoms with Crippen LogP contribution in [0, 0.1) is 6.92 Å². The molecule has 1 amide bonds. The van der Waals surface area contributed by atoms with E-state index in [1.807, 2.05) is 55.6 Å². The fourth-order valence-corrected chi connectivity index (χ4v) is 3.16. The highest BCUT2D eigenvalue weighted by molar-refractivity contribution is 9.10. The zero-order valence-electron chi connectivity index (χ0n) is 13.3. The van der Waals surface area contributed by atoms with Gasteiger partial charge in [-0.1, -0.05) is 28.1 Å². The van der Waals surface area contributed by atoms with Crippen molar-refractivity contribution in [2.45, 2.75) is 6.92 Å². The summed E-state index contributed by atoms with van der Waals surface area (Å²) in [5.74, 6) is -0.259. The summed E-state index contributed by atoms with van der Waals surface area (Å²) in [5, 5.41) is 17.7. The lowest BCUT2D eigenvalue weighted by molar-refractivity contribution is 0.102. The largest absolute Gasteiger partial charge is 0.321 e. The van der Waals surface area contributed by atoms with Gasteiger partial charge in [-0.2, -0.15) is 10.2 Å². The van der Waals surface area contributed by atoms with Crippen molar-refractivity contribution < 1.29 is 4.79 Å². The van der Waals surface area contributed by atoms with Crippen molar-refractivity contribution >= 4 is 38.4 Å². The lowest BCUT2D eigenvalue weighted by atomic mass is 10.0. The number of anilines is 1. The van der Waals surface area contributed by atoms with Crippen LogP contribution in [-0.4, -0.2) is 26.3 Å². The minimum absolute atomic E-state index is 0.259. The number of H-pyrrole nitrogens is 2. The normalized spacial score (nSPS) is 11.0. The molecule has 0 aliphatic rings. The summed E-state index contributed by atoms with van der Waals surface area (Å²) in [6.45, 7) is 1.94. The van der Waals surface area contributed by atoms with E-state index in [1.54, 1.807) is 0 Å². The predicted molar refractivity (Wildman–Crippen MR) is 101 cm³/mol. The molecule has 25 heavy (non-hydrogen) atoms. The number of aryl methyl sites for hydroxylation is 1. The van der Waals surface area contributed by atoms with Crippen molar-refractivity contribution in [1.29, 1.82) is 0 Å². The Morgan fingerprint density at radius 3 is 2.80 bits per heavy atom. The number of hydrogen-bond acceptors (Lipinski definition) is 3. The second-order valence-corrected chi connectivity index (χ2v) is 6.60. The topological polar surface area (TPSA) is 86.5 Å². The summed E-state index contributed by atoms with van der Waals surface area (Å²) < 4.78 is 0.898. The van der Waals surface area contributed by atoms with Gasteiger partial charge in [-0.25, -0.2) is 0 Å². The lowest BCUT2D eigenvalue weighted by Crippen LogP contribution is -2.12. The van der Waals surface area contributed by atoms with E-state index in [-0.39, 0.29) is 5.91 Å². The molecule has 7 heteroatoms. The average Bonchev–Trinajstić information content (AvgIpc) is 3.20. The summed E-state index contributed by atoms with van der Waals surface area (Å²) in [5.41, 5.74) is 4.76.